The van der Waals surface area contributed by atoms with Crippen LogP contribution in [-0.4, -0.2) is 4.98 Å². The average molecular weight is 181 g/mol. The lowest BCUT2D eigenvalue weighted by Gasteiger charge is -1.92. The van der Waals surface area contributed by atoms with Gasteiger partial charge in [-0.05, 0) is 19.1 Å². The van der Waals surface area contributed by atoms with Gasteiger partial charge in [-0.3, -0.25) is 4.98 Å². The van der Waals surface area contributed by atoms with E-state index in [4.69, 9.17) is 5.73 Å². The van der Waals surface area contributed by atoms with Crippen molar-refractivity contribution >= 4 is 30.5 Å². The zero-order chi connectivity index (χ0) is 5.98. The minimum atomic E-state index is 0. The van der Waals surface area contributed by atoms with Gasteiger partial charge in [-0.1, -0.05) is 0 Å². The molecule has 0 aliphatic carbocycles. The van der Waals surface area contributed by atoms with Gasteiger partial charge >= 0.3 is 0 Å². The topological polar surface area (TPSA) is 38.9 Å². The summed E-state index contributed by atoms with van der Waals surface area (Å²) in [6, 6.07) is 3.66. The van der Waals surface area contributed by atoms with Gasteiger partial charge in [0.15, 0.2) is 0 Å². The van der Waals surface area contributed by atoms with E-state index in [1.807, 2.05) is 19.1 Å². The van der Waals surface area contributed by atoms with E-state index >= 15 is 0 Å². The summed E-state index contributed by atoms with van der Waals surface area (Å²) < 4.78 is 0. The number of anilines is 1. The van der Waals surface area contributed by atoms with E-state index in [0.717, 1.165) is 11.4 Å². The van der Waals surface area contributed by atoms with E-state index in [1.165, 1.54) is 0 Å². The molecule has 1 aromatic heterocycles. The SMILES string of the molecule is Cc1ncccc1N.Cl.Cl. The van der Waals surface area contributed by atoms with Gasteiger partial charge in [0.25, 0.3) is 0 Å². The van der Waals surface area contributed by atoms with Crippen molar-refractivity contribution in [3.05, 3.63) is 24.0 Å². The quantitative estimate of drug-likeness (QED) is 0.662. The highest BCUT2D eigenvalue weighted by atomic mass is 35.5. The number of hydrogen-bond acceptors (Lipinski definition) is 2. The predicted molar refractivity (Wildman–Crippen MR) is 47.9 cm³/mol. The Labute approximate surface area is 72.7 Å². The third-order valence-electron chi connectivity index (χ3n) is 1.05. The van der Waals surface area contributed by atoms with Gasteiger partial charge in [0.1, 0.15) is 0 Å². The summed E-state index contributed by atoms with van der Waals surface area (Å²) in [7, 11) is 0. The first-order valence-corrected chi connectivity index (χ1v) is 2.48. The van der Waals surface area contributed by atoms with Crippen LogP contribution in [0.1, 0.15) is 5.69 Å². The van der Waals surface area contributed by atoms with Gasteiger partial charge in [-0.25, -0.2) is 0 Å². The maximum atomic E-state index is 5.46. The van der Waals surface area contributed by atoms with Gasteiger partial charge in [0, 0.05) is 6.20 Å². The summed E-state index contributed by atoms with van der Waals surface area (Å²) in [5.74, 6) is 0. The number of nitrogens with zero attached hydrogens (tertiary/aromatic N) is 1. The third-order valence-corrected chi connectivity index (χ3v) is 1.05. The maximum Gasteiger partial charge on any atom is 0.0601 e. The lowest BCUT2D eigenvalue weighted by Crippen LogP contribution is -1.89. The van der Waals surface area contributed by atoms with Gasteiger partial charge in [-0.2, -0.15) is 0 Å². The zero-order valence-electron chi connectivity index (χ0n) is 5.57. The molecule has 0 aromatic carbocycles. The van der Waals surface area contributed by atoms with Crippen LogP contribution < -0.4 is 5.73 Å². The molecule has 0 amide bonds. The fraction of sp³-hybridized carbons (Fsp3) is 0.167. The Bertz CT molecular complexity index is 170. The Morgan fingerprint density at radius 1 is 1.40 bits per heavy atom. The van der Waals surface area contributed by atoms with Gasteiger partial charge in [0.2, 0.25) is 0 Å². The smallest absolute Gasteiger partial charge is 0.0601 e. The van der Waals surface area contributed by atoms with Crippen LogP contribution in [0.25, 0.3) is 0 Å². The Hall–Kier alpha value is -0.470. The number of rotatable bonds is 0. The average Bonchev–Trinajstić information content (AvgIpc) is 1.77. The monoisotopic (exact) mass is 180 g/mol. The molecular formula is C6H10Cl2N2. The molecule has 0 atom stereocenters. The highest BCUT2D eigenvalue weighted by molar-refractivity contribution is 5.85. The minimum Gasteiger partial charge on any atom is -0.397 e. The molecule has 0 radical (unpaired) electrons. The number of halogens is 2. The Morgan fingerprint density at radius 2 is 2.00 bits per heavy atom. The van der Waals surface area contributed by atoms with Crippen molar-refractivity contribution < 1.29 is 0 Å². The summed E-state index contributed by atoms with van der Waals surface area (Å²) in [4.78, 5) is 3.95. The molecule has 4 heteroatoms. The van der Waals surface area contributed by atoms with Gasteiger partial charge in [-0.15, -0.1) is 24.8 Å². The number of nitrogens with two attached hydrogens (primary N) is 1. The van der Waals surface area contributed by atoms with Crippen LogP contribution in [0.15, 0.2) is 18.3 Å². The predicted octanol–water partition coefficient (Wildman–Crippen LogP) is 1.82. The lowest BCUT2D eigenvalue weighted by atomic mass is 10.3. The van der Waals surface area contributed by atoms with E-state index in [-0.39, 0.29) is 24.8 Å². The van der Waals surface area contributed by atoms with Crippen molar-refractivity contribution in [1.29, 1.82) is 0 Å². The number of nitrogen functional groups attached to an aromatic ring is 1. The summed E-state index contributed by atoms with van der Waals surface area (Å²) in [5, 5.41) is 0. The second kappa shape index (κ2) is 5.33. The molecule has 0 aliphatic heterocycles. The molecule has 0 unspecified atom stereocenters. The molecule has 1 aromatic rings. The summed E-state index contributed by atoms with van der Waals surface area (Å²) in [6.45, 7) is 1.88. The minimum absolute atomic E-state index is 0. The van der Waals surface area contributed by atoms with Crippen LogP contribution in [0.3, 0.4) is 0 Å². The third kappa shape index (κ3) is 2.90. The Morgan fingerprint density at radius 3 is 2.30 bits per heavy atom. The van der Waals surface area contributed by atoms with Crippen LogP contribution in [0.2, 0.25) is 0 Å². The molecule has 1 rings (SSSR count). The van der Waals surface area contributed by atoms with E-state index in [0.29, 0.717) is 0 Å². The second-order valence-electron chi connectivity index (χ2n) is 1.68. The van der Waals surface area contributed by atoms with Crippen molar-refractivity contribution in [3.8, 4) is 0 Å². The number of aryl methyl sites for hydroxylation is 1. The molecule has 10 heavy (non-hydrogen) atoms. The molecule has 0 spiro atoms. The van der Waals surface area contributed by atoms with Crippen LogP contribution in [0, 0.1) is 6.92 Å². The van der Waals surface area contributed by atoms with E-state index in [1.54, 1.807) is 6.20 Å². The molecule has 58 valence electrons. The number of aromatic nitrogens is 1. The Kier molecular flexibility index (Phi) is 6.51. The van der Waals surface area contributed by atoms with Crippen molar-refractivity contribution in [3.63, 3.8) is 0 Å². The zero-order valence-corrected chi connectivity index (χ0v) is 7.21. The summed E-state index contributed by atoms with van der Waals surface area (Å²) >= 11 is 0. The number of hydrogen-bond donors (Lipinski definition) is 1. The summed E-state index contributed by atoms with van der Waals surface area (Å²) in [5.41, 5.74) is 7.11. The molecule has 2 N–H and O–H groups in total. The first-order valence-electron chi connectivity index (χ1n) is 2.48. The van der Waals surface area contributed by atoms with Crippen molar-refractivity contribution in [2.45, 2.75) is 6.92 Å². The normalized spacial score (nSPS) is 7.30. The molecular weight excluding hydrogens is 171 g/mol. The molecule has 0 saturated heterocycles. The largest absolute Gasteiger partial charge is 0.397 e. The van der Waals surface area contributed by atoms with Crippen molar-refractivity contribution in [2.75, 3.05) is 5.73 Å². The van der Waals surface area contributed by atoms with Crippen LogP contribution in [-0.2, 0) is 0 Å². The highest BCUT2D eigenvalue weighted by Crippen LogP contribution is 2.02. The van der Waals surface area contributed by atoms with Crippen LogP contribution in [0.4, 0.5) is 5.69 Å². The molecule has 1 heterocycles. The fourth-order valence-corrected chi connectivity index (χ4v) is 0.497. The van der Waals surface area contributed by atoms with Crippen molar-refractivity contribution in [2.24, 2.45) is 0 Å². The first kappa shape index (κ1) is 12.2. The molecule has 0 fully saturated rings. The second-order valence-corrected chi connectivity index (χ2v) is 1.68. The lowest BCUT2D eigenvalue weighted by molar-refractivity contribution is 1.21. The molecule has 0 bridgehead atoms. The first-order chi connectivity index (χ1) is 3.80. The molecule has 0 aliphatic rings. The maximum absolute atomic E-state index is 5.46. The van der Waals surface area contributed by atoms with Gasteiger partial charge < -0.3 is 5.73 Å². The van der Waals surface area contributed by atoms with E-state index < -0.39 is 0 Å². The number of pyridine rings is 1. The highest BCUT2D eigenvalue weighted by Gasteiger charge is 1.86. The van der Waals surface area contributed by atoms with Crippen LogP contribution in [0.5, 0.6) is 0 Å². The molecule has 0 saturated carbocycles. The Balaban J connectivity index is 0. The molecule has 2 nitrogen and oxygen atoms in total. The van der Waals surface area contributed by atoms with E-state index in [2.05, 4.69) is 4.98 Å². The van der Waals surface area contributed by atoms with E-state index in [9.17, 15) is 0 Å². The van der Waals surface area contributed by atoms with Gasteiger partial charge in [0.05, 0.1) is 11.4 Å². The fourth-order valence-electron chi connectivity index (χ4n) is 0.497. The van der Waals surface area contributed by atoms with Crippen LogP contribution >= 0.6 is 24.8 Å². The van der Waals surface area contributed by atoms with Crippen molar-refractivity contribution in [1.82, 2.24) is 4.98 Å². The summed E-state index contributed by atoms with van der Waals surface area (Å²) in [6.07, 6.45) is 1.73. The standard InChI is InChI=1S/C6H8N2.2ClH/c1-5-6(7)3-2-4-8-5;;/h2-4H,7H2,1H3;2*1H.